The first-order valence-electron chi connectivity index (χ1n) is 18.7. The third-order valence-corrected chi connectivity index (χ3v) is 14.1. The lowest BCUT2D eigenvalue weighted by Gasteiger charge is -2.36. The molecule has 4 atom stereocenters. The predicted octanol–water partition coefficient (Wildman–Crippen LogP) is 12.6. The van der Waals surface area contributed by atoms with Crippen LogP contribution in [-0.2, 0) is 15.6 Å². The molecule has 0 amide bonds. The first-order chi connectivity index (χ1) is 22.9. The Morgan fingerprint density at radius 2 is 1.50 bits per heavy atom. The summed E-state index contributed by atoms with van der Waals surface area (Å²) in [6.07, 6.45) is 6.72. The van der Waals surface area contributed by atoms with Crippen molar-refractivity contribution in [2.75, 3.05) is 7.11 Å². The van der Waals surface area contributed by atoms with Crippen molar-refractivity contribution in [3.05, 3.63) is 93.0 Å². The SMILES string of the molecule is COC1(C(C)C2CCCCC2)C2c3ccc4c(c3-c3cc(C)c5c(C)cc(C)cc5c3C21C)C(C)(C)c1c-4oc2ccc(C(C)C)cc12. The highest BCUT2D eigenvalue weighted by Crippen LogP contribution is 2.79. The Morgan fingerprint density at radius 1 is 0.771 bits per heavy atom. The molecule has 4 aliphatic rings. The van der Waals surface area contributed by atoms with Crippen molar-refractivity contribution in [2.45, 2.75) is 123 Å². The van der Waals surface area contributed by atoms with Crippen LogP contribution in [0.3, 0.4) is 0 Å². The van der Waals surface area contributed by atoms with Crippen LogP contribution >= 0.6 is 0 Å². The zero-order chi connectivity index (χ0) is 33.7. The lowest BCUT2D eigenvalue weighted by atomic mass is 9.69. The van der Waals surface area contributed by atoms with Crippen LogP contribution in [0.4, 0.5) is 0 Å². The van der Waals surface area contributed by atoms with Crippen LogP contribution in [0.1, 0.15) is 130 Å². The summed E-state index contributed by atoms with van der Waals surface area (Å²) >= 11 is 0. The molecule has 4 aromatic carbocycles. The Hall–Kier alpha value is -3.36. The van der Waals surface area contributed by atoms with Gasteiger partial charge in [-0.3, -0.25) is 0 Å². The Labute approximate surface area is 287 Å². The second kappa shape index (κ2) is 9.87. The van der Waals surface area contributed by atoms with Gasteiger partial charge in [0.05, 0.1) is 5.60 Å². The van der Waals surface area contributed by atoms with Gasteiger partial charge in [-0.15, -0.1) is 0 Å². The van der Waals surface area contributed by atoms with E-state index < -0.39 is 0 Å². The summed E-state index contributed by atoms with van der Waals surface area (Å²) in [6, 6.07) is 19.1. The van der Waals surface area contributed by atoms with Crippen molar-refractivity contribution < 1.29 is 9.15 Å². The summed E-state index contributed by atoms with van der Waals surface area (Å²) in [7, 11) is 2.03. The first kappa shape index (κ1) is 30.7. The highest BCUT2D eigenvalue weighted by molar-refractivity contribution is 6.04. The monoisotopic (exact) mass is 636 g/mol. The van der Waals surface area contributed by atoms with Crippen LogP contribution in [0.15, 0.2) is 52.9 Å². The average molecular weight is 637 g/mol. The molecule has 9 rings (SSSR count). The molecule has 1 heterocycles. The zero-order valence-electron chi connectivity index (χ0n) is 30.8. The number of aryl methyl sites for hydroxylation is 3. The molecule has 4 unspecified atom stereocenters. The van der Waals surface area contributed by atoms with Gasteiger partial charge < -0.3 is 9.15 Å². The summed E-state index contributed by atoms with van der Waals surface area (Å²) in [5.41, 5.74) is 15.8. The second-order valence-corrected chi connectivity index (χ2v) is 17.2. The van der Waals surface area contributed by atoms with E-state index in [2.05, 4.69) is 111 Å². The van der Waals surface area contributed by atoms with Crippen molar-refractivity contribution in [1.29, 1.82) is 0 Å². The molecule has 0 spiro atoms. The van der Waals surface area contributed by atoms with Crippen molar-refractivity contribution in [2.24, 2.45) is 11.8 Å². The maximum atomic E-state index is 7.06. The van der Waals surface area contributed by atoms with E-state index >= 15 is 0 Å². The van der Waals surface area contributed by atoms with E-state index in [0.717, 1.165) is 11.3 Å². The molecule has 1 aromatic heterocycles. The Bertz CT molecular complexity index is 2190. The normalized spacial score (nSPS) is 25.9. The predicted molar refractivity (Wildman–Crippen MR) is 201 cm³/mol. The number of ether oxygens (including phenoxy) is 1. The molecule has 0 N–H and O–H groups in total. The molecule has 48 heavy (non-hydrogen) atoms. The van der Waals surface area contributed by atoms with E-state index in [0.29, 0.717) is 23.7 Å². The molecule has 2 fully saturated rings. The minimum atomic E-state index is -0.253. The number of rotatable bonds is 4. The lowest BCUT2D eigenvalue weighted by molar-refractivity contribution is -0.0158. The van der Waals surface area contributed by atoms with Gasteiger partial charge in [0.1, 0.15) is 11.3 Å². The minimum Gasteiger partial charge on any atom is -0.456 e. The molecule has 248 valence electrons. The highest BCUT2D eigenvalue weighted by atomic mass is 16.5. The maximum absolute atomic E-state index is 7.06. The molecule has 5 aromatic rings. The third-order valence-electron chi connectivity index (χ3n) is 14.1. The lowest BCUT2D eigenvalue weighted by Crippen LogP contribution is -2.37. The summed E-state index contributed by atoms with van der Waals surface area (Å²) in [6.45, 7) is 21.5. The first-order valence-corrected chi connectivity index (χ1v) is 18.7. The average Bonchev–Trinajstić information content (AvgIpc) is 3.28. The van der Waals surface area contributed by atoms with Crippen molar-refractivity contribution >= 4 is 21.7 Å². The van der Waals surface area contributed by atoms with Crippen LogP contribution < -0.4 is 0 Å². The standard InChI is InChI=1S/C46H52O2/c1-24(2)30-16-19-36-33(23-30)41-42(48-36)32-18-17-31-38(40(32)44(41,7)8)35-22-27(5)37-26(4)20-25(3)21-34(37)39(35)45(9)43(31)46(45,47-10)28(6)29-14-12-11-13-15-29/h16-24,28-29,43H,11-15H2,1-10H3. The van der Waals surface area contributed by atoms with Crippen molar-refractivity contribution in [3.63, 3.8) is 0 Å². The number of hydrogen-bond donors (Lipinski definition) is 0. The van der Waals surface area contributed by atoms with E-state index in [4.69, 9.17) is 9.15 Å². The molecule has 0 saturated heterocycles. The summed E-state index contributed by atoms with van der Waals surface area (Å²) in [5, 5.41) is 4.14. The van der Waals surface area contributed by atoms with Gasteiger partial charge in [0.25, 0.3) is 0 Å². The van der Waals surface area contributed by atoms with Gasteiger partial charge in [0.15, 0.2) is 0 Å². The molecule has 4 aliphatic carbocycles. The smallest absolute Gasteiger partial charge is 0.139 e. The fourth-order valence-corrected chi connectivity index (χ4v) is 12.1. The van der Waals surface area contributed by atoms with Gasteiger partial charge in [-0.25, -0.2) is 0 Å². The number of fused-ring (bicyclic) bond motifs is 14. The van der Waals surface area contributed by atoms with Crippen molar-refractivity contribution in [1.82, 2.24) is 0 Å². The highest BCUT2D eigenvalue weighted by Gasteiger charge is 2.80. The Kier molecular flexibility index (Phi) is 6.31. The van der Waals surface area contributed by atoms with E-state index in [1.54, 1.807) is 0 Å². The van der Waals surface area contributed by atoms with Gasteiger partial charge >= 0.3 is 0 Å². The molecule has 2 saturated carbocycles. The van der Waals surface area contributed by atoms with E-state index in [1.165, 1.54) is 109 Å². The summed E-state index contributed by atoms with van der Waals surface area (Å²) < 4.78 is 13.9. The largest absolute Gasteiger partial charge is 0.456 e. The van der Waals surface area contributed by atoms with Crippen molar-refractivity contribution in [3.8, 4) is 22.5 Å². The molecule has 0 bridgehead atoms. The van der Waals surface area contributed by atoms with Crippen LogP contribution in [-0.4, -0.2) is 12.7 Å². The van der Waals surface area contributed by atoms with Crippen LogP contribution in [0.2, 0.25) is 0 Å². The number of benzene rings is 4. The summed E-state index contributed by atoms with van der Waals surface area (Å²) in [5.74, 6) is 3.00. The van der Waals surface area contributed by atoms with Gasteiger partial charge in [0, 0.05) is 40.4 Å². The fraction of sp³-hybridized carbons (Fsp3) is 0.478. The summed E-state index contributed by atoms with van der Waals surface area (Å²) in [4.78, 5) is 0. The Morgan fingerprint density at radius 3 is 2.21 bits per heavy atom. The van der Waals surface area contributed by atoms with Gasteiger partial charge in [-0.1, -0.05) is 116 Å². The molecule has 0 aliphatic heterocycles. The van der Waals surface area contributed by atoms with Crippen LogP contribution in [0.5, 0.6) is 0 Å². The van der Waals surface area contributed by atoms with E-state index in [-0.39, 0.29) is 16.4 Å². The van der Waals surface area contributed by atoms with E-state index in [1.807, 2.05) is 7.11 Å². The number of furan rings is 1. The van der Waals surface area contributed by atoms with Gasteiger partial charge in [-0.2, -0.15) is 0 Å². The van der Waals surface area contributed by atoms with Gasteiger partial charge in [-0.05, 0) is 106 Å². The zero-order valence-corrected chi connectivity index (χ0v) is 30.8. The number of hydrogen-bond acceptors (Lipinski definition) is 2. The topological polar surface area (TPSA) is 22.4 Å². The minimum absolute atomic E-state index is 0.116. The quantitative estimate of drug-likeness (QED) is 0.196. The third kappa shape index (κ3) is 3.53. The van der Waals surface area contributed by atoms with Crippen LogP contribution in [0.25, 0.3) is 44.2 Å². The van der Waals surface area contributed by atoms with Gasteiger partial charge in [0.2, 0.25) is 0 Å². The van der Waals surface area contributed by atoms with Crippen LogP contribution in [0, 0.1) is 32.6 Å². The fourth-order valence-electron chi connectivity index (χ4n) is 12.1. The Balaban J connectivity index is 1.38. The van der Waals surface area contributed by atoms with E-state index in [9.17, 15) is 0 Å². The molecular formula is C46H52O2. The maximum Gasteiger partial charge on any atom is 0.139 e. The number of methoxy groups -OCH3 is 1. The second-order valence-electron chi connectivity index (χ2n) is 17.2. The molecular weight excluding hydrogens is 585 g/mol. The molecule has 2 heteroatoms. The molecule has 0 radical (unpaired) electrons. The molecule has 2 nitrogen and oxygen atoms in total.